The first-order valence-corrected chi connectivity index (χ1v) is 6.71. The molecule has 0 saturated heterocycles. The van der Waals surface area contributed by atoms with Crippen LogP contribution >= 0.6 is 0 Å². The zero-order valence-corrected chi connectivity index (χ0v) is 11.6. The highest BCUT2D eigenvalue weighted by Crippen LogP contribution is 2.11. The van der Waals surface area contributed by atoms with Crippen molar-refractivity contribution < 1.29 is 4.79 Å². The van der Waals surface area contributed by atoms with Gasteiger partial charge in [-0.25, -0.2) is 0 Å². The highest BCUT2D eigenvalue weighted by Gasteiger charge is 2.04. The molecule has 1 amide bonds. The van der Waals surface area contributed by atoms with Crippen LogP contribution in [0.15, 0.2) is 24.3 Å². The van der Waals surface area contributed by atoms with E-state index in [-0.39, 0.29) is 5.91 Å². The Morgan fingerprint density at radius 3 is 2.44 bits per heavy atom. The Hall–Kier alpha value is -1.35. The van der Waals surface area contributed by atoms with Crippen molar-refractivity contribution in [3.05, 3.63) is 29.8 Å². The van der Waals surface area contributed by atoms with Gasteiger partial charge < -0.3 is 10.6 Å². The maximum absolute atomic E-state index is 11.6. The van der Waals surface area contributed by atoms with Crippen molar-refractivity contribution in [2.45, 2.75) is 40.2 Å². The van der Waals surface area contributed by atoms with Crippen LogP contribution in [0.2, 0.25) is 0 Å². The van der Waals surface area contributed by atoms with Gasteiger partial charge in [0.2, 0.25) is 5.91 Å². The molecule has 0 aliphatic heterocycles. The van der Waals surface area contributed by atoms with E-state index in [9.17, 15) is 4.79 Å². The average Bonchev–Trinajstić information content (AvgIpc) is 2.30. The molecule has 100 valence electrons. The molecule has 0 aromatic heterocycles. The van der Waals surface area contributed by atoms with E-state index >= 15 is 0 Å². The van der Waals surface area contributed by atoms with Crippen LogP contribution in [0.5, 0.6) is 0 Å². The standard InChI is InChI=1S/C15H24N2O/c1-4-9-16-11-13-5-7-14(8-6-13)17-15(18)10-12(2)3/h5-8,12,16H,4,9-11H2,1-3H3,(H,17,18). The third kappa shape index (κ3) is 5.82. The molecule has 0 aliphatic rings. The van der Waals surface area contributed by atoms with Gasteiger partial charge in [-0.3, -0.25) is 4.79 Å². The van der Waals surface area contributed by atoms with E-state index in [1.165, 1.54) is 5.56 Å². The summed E-state index contributed by atoms with van der Waals surface area (Å²) < 4.78 is 0. The van der Waals surface area contributed by atoms with Crippen molar-refractivity contribution >= 4 is 11.6 Å². The number of nitrogens with one attached hydrogen (secondary N) is 2. The van der Waals surface area contributed by atoms with Gasteiger partial charge in [0.15, 0.2) is 0 Å². The third-order valence-electron chi connectivity index (χ3n) is 2.59. The molecule has 0 radical (unpaired) electrons. The first kappa shape index (κ1) is 14.7. The highest BCUT2D eigenvalue weighted by molar-refractivity contribution is 5.90. The Morgan fingerprint density at radius 2 is 1.89 bits per heavy atom. The summed E-state index contributed by atoms with van der Waals surface area (Å²) in [6, 6.07) is 8.02. The molecule has 0 aliphatic carbocycles. The quantitative estimate of drug-likeness (QED) is 0.728. The average molecular weight is 248 g/mol. The second kappa shape index (κ2) is 7.88. The minimum absolute atomic E-state index is 0.0851. The maximum atomic E-state index is 11.6. The lowest BCUT2D eigenvalue weighted by Gasteiger charge is -2.08. The fraction of sp³-hybridized carbons (Fsp3) is 0.533. The maximum Gasteiger partial charge on any atom is 0.224 e. The molecule has 0 unspecified atom stereocenters. The predicted molar refractivity (Wildman–Crippen MR) is 76.5 cm³/mol. The summed E-state index contributed by atoms with van der Waals surface area (Å²) in [6.07, 6.45) is 1.71. The molecule has 3 heteroatoms. The summed E-state index contributed by atoms with van der Waals surface area (Å²) in [7, 11) is 0. The van der Waals surface area contributed by atoms with E-state index in [2.05, 4.69) is 17.6 Å². The molecule has 0 saturated carbocycles. The molecule has 0 fully saturated rings. The monoisotopic (exact) mass is 248 g/mol. The van der Waals surface area contributed by atoms with Crippen molar-refractivity contribution in [3.63, 3.8) is 0 Å². The fourth-order valence-electron chi connectivity index (χ4n) is 1.70. The van der Waals surface area contributed by atoms with Crippen LogP contribution < -0.4 is 10.6 Å². The Balaban J connectivity index is 2.42. The molecule has 0 heterocycles. The van der Waals surface area contributed by atoms with Crippen LogP contribution in [-0.4, -0.2) is 12.5 Å². The predicted octanol–water partition coefficient (Wildman–Crippen LogP) is 3.17. The molecule has 1 rings (SSSR count). The number of anilines is 1. The van der Waals surface area contributed by atoms with Crippen molar-refractivity contribution in [3.8, 4) is 0 Å². The summed E-state index contributed by atoms with van der Waals surface area (Å²) in [6.45, 7) is 8.16. The molecule has 1 aromatic carbocycles. The summed E-state index contributed by atoms with van der Waals surface area (Å²) in [5, 5.41) is 6.26. The largest absolute Gasteiger partial charge is 0.326 e. The van der Waals surface area contributed by atoms with E-state index in [0.29, 0.717) is 12.3 Å². The zero-order valence-electron chi connectivity index (χ0n) is 11.6. The second-order valence-corrected chi connectivity index (χ2v) is 5.02. The summed E-state index contributed by atoms with van der Waals surface area (Å²) in [5.74, 6) is 0.476. The van der Waals surface area contributed by atoms with Crippen LogP contribution in [0.4, 0.5) is 5.69 Å². The Labute approximate surface area is 110 Å². The zero-order chi connectivity index (χ0) is 13.4. The molecule has 18 heavy (non-hydrogen) atoms. The Kier molecular flexibility index (Phi) is 6.44. The van der Waals surface area contributed by atoms with Gasteiger partial charge in [0, 0.05) is 18.7 Å². The van der Waals surface area contributed by atoms with E-state index in [0.717, 1.165) is 25.2 Å². The number of amides is 1. The SMILES string of the molecule is CCCNCc1ccc(NC(=O)CC(C)C)cc1. The van der Waals surface area contributed by atoms with E-state index in [4.69, 9.17) is 0 Å². The van der Waals surface area contributed by atoms with Gasteiger partial charge in [-0.05, 0) is 36.6 Å². The number of carbonyl (C=O) groups is 1. The van der Waals surface area contributed by atoms with Crippen molar-refractivity contribution in [1.82, 2.24) is 5.32 Å². The van der Waals surface area contributed by atoms with Gasteiger partial charge in [0.1, 0.15) is 0 Å². The minimum Gasteiger partial charge on any atom is -0.326 e. The van der Waals surface area contributed by atoms with Gasteiger partial charge in [-0.1, -0.05) is 32.9 Å². The van der Waals surface area contributed by atoms with E-state index in [1.54, 1.807) is 0 Å². The van der Waals surface area contributed by atoms with Gasteiger partial charge >= 0.3 is 0 Å². The van der Waals surface area contributed by atoms with Gasteiger partial charge in [0.25, 0.3) is 0 Å². The Morgan fingerprint density at radius 1 is 1.22 bits per heavy atom. The molecule has 0 atom stereocenters. The molecule has 3 nitrogen and oxygen atoms in total. The number of carbonyl (C=O) groups excluding carboxylic acids is 1. The van der Waals surface area contributed by atoms with Crippen LogP contribution in [-0.2, 0) is 11.3 Å². The van der Waals surface area contributed by atoms with Crippen LogP contribution in [0, 0.1) is 5.92 Å². The molecule has 0 spiro atoms. The number of hydrogen-bond donors (Lipinski definition) is 2. The highest BCUT2D eigenvalue weighted by atomic mass is 16.1. The lowest BCUT2D eigenvalue weighted by molar-refractivity contribution is -0.116. The van der Waals surface area contributed by atoms with Crippen molar-refractivity contribution in [2.75, 3.05) is 11.9 Å². The number of benzene rings is 1. The van der Waals surface area contributed by atoms with Crippen molar-refractivity contribution in [1.29, 1.82) is 0 Å². The lowest BCUT2D eigenvalue weighted by Crippen LogP contribution is -2.15. The van der Waals surface area contributed by atoms with Gasteiger partial charge in [0.05, 0.1) is 0 Å². The van der Waals surface area contributed by atoms with Gasteiger partial charge in [-0.15, -0.1) is 0 Å². The third-order valence-corrected chi connectivity index (χ3v) is 2.59. The van der Waals surface area contributed by atoms with Crippen LogP contribution in [0.25, 0.3) is 0 Å². The first-order chi connectivity index (χ1) is 8.61. The second-order valence-electron chi connectivity index (χ2n) is 5.02. The van der Waals surface area contributed by atoms with E-state index < -0.39 is 0 Å². The number of hydrogen-bond acceptors (Lipinski definition) is 2. The molecule has 0 bridgehead atoms. The Bertz CT molecular complexity index is 357. The molecular formula is C15H24N2O. The number of rotatable bonds is 7. The fourth-order valence-corrected chi connectivity index (χ4v) is 1.70. The van der Waals surface area contributed by atoms with Crippen molar-refractivity contribution in [2.24, 2.45) is 5.92 Å². The molecule has 2 N–H and O–H groups in total. The normalized spacial score (nSPS) is 10.7. The smallest absolute Gasteiger partial charge is 0.224 e. The lowest BCUT2D eigenvalue weighted by atomic mass is 10.1. The minimum atomic E-state index is 0.0851. The molecular weight excluding hydrogens is 224 g/mol. The topological polar surface area (TPSA) is 41.1 Å². The first-order valence-electron chi connectivity index (χ1n) is 6.71. The van der Waals surface area contributed by atoms with Crippen LogP contribution in [0.1, 0.15) is 39.2 Å². The van der Waals surface area contributed by atoms with Crippen LogP contribution in [0.3, 0.4) is 0 Å². The summed E-state index contributed by atoms with van der Waals surface area (Å²) in [5.41, 5.74) is 2.12. The van der Waals surface area contributed by atoms with E-state index in [1.807, 2.05) is 38.1 Å². The summed E-state index contributed by atoms with van der Waals surface area (Å²) in [4.78, 5) is 11.6. The summed E-state index contributed by atoms with van der Waals surface area (Å²) >= 11 is 0. The molecule has 1 aromatic rings. The van der Waals surface area contributed by atoms with Gasteiger partial charge in [-0.2, -0.15) is 0 Å².